The van der Waals surface area contributed by atoms with E-state index in [1.54, 1.807) is 0 Å². The van der Waals surface area contributed by atoms with Crippen LogP contribution in [0.4, 0.5) is 0 Å². The topological polar surface area (TPSA) is 26.0 Å². The van der Waals surface area contributed by atoms with Gasteiger partial charge < -0.3 is 5.73 Å². The maximum absolute atomic E-state index is 6.24. The molecule has 0 amide bonds. The van der Waals surface area contributed by atoms with Crippen LogP contribution in [0.15, 0.2) is 42.5 Å². The molecule has 0 heterocycles. The first-order chi connectivity index (χ1) is 7.72. The number of hydrogen-bond donors (Lipinski definition) is 1. The average Bonchev–Trinajstić information content (AvgIpc) is 2.36. The summed E-state index contributed by atoms with van der Waals surface area (Å²) in [4.78, 5) is 0. The summed E-state index contributed by atoms with van der Waals surface area (Å²) < 4.78 is 0. The Balaban J connectivity index is 0.00000144. The van der Waals surface area contributed by atoms with Crippen LogP contribution in [0.3, 0.4) is 0 Å². The van der Waals surface area contributed by atoms with E-state index in [4.69, 9.17) is 5.73 Å². The normalized spacial score (nSPS) is 14.1. The van der Waals surface area contributed by atoms with Crippen LogP contribution in [0.5, 0.6) is 0 Å². The van der Waals surface area contributed by atoms with E-state index >= 15 is 0 Å². The van der Waals surface area contributed by atoms with Crippen molar-refractivity contribution >= 4 is 23.2 Å². The molecule has 0 bridgehead atoms. The van der Waals surface area contributed by atoms with Gasteiger partial charge in [0.25, 0.3) is 0 Å². The molecule has 0 aliphatic rings. The molecule has 17 heavy (non-hydrogen) atoms. The van der Waals surface area contributed by atoms with E-state index in [0.717, 1.165) is 6.42 Å². The second-order valence-electron chi connectivity index (χ2n) is 4.52. The number of fused-ring (bicyclic) bond motifs is 1. The Bertz CT molecular complexity index is 481. The Morgan fingerprint density at radius 3 is 2.35 bits per heavy atom. The first kappa shape index (κ1) is 14.0. The molecule has 0 aromatic heterocycles. The molecule has 0 saturated carbocycles. The van der Waals surface area contributed by atoms with Crippen LogP contribution in [0.2, 0.25) is 0 Å². The van der Waals surface area contributed by atoms with E-state index < -0.39 is 0 Å². The van der Waals surface area contributed by atoms with Crippen molar-refractivity contribution in [3.05, 3.63) is 48.0 Å². The molecule has 2 rings (SSSR count). The fraction of sp³-hybridized carbons (Fsp3) is 0.333. The molecule has 2 aromatic carbocycles. The number of nitrogens with two attached hydrogens (primary N) is 1. The number of benzene rings is 2. The summed E-state index contributed by atoms with van der Waals surface area (Å²) in [6.45, 7) is 4.39. The highest BCUT2D eigenvalue weighted by Crippen LogP contribution is 2.25. The van der Waals surface area contributed by atoms with Gasteiger partial charge in [0.1, 0.15) is 0 Å². The van der Waals surface area contributed by atoms with Crippen molar-refractivity contribution in [2.45, 2.75) is 26.3 Å². The number of hydrogen-bond acceptors (Lipinski definition) is 1. The van der Waals surface area contributed by atoms with Gasteiger partial charge in [-0.05, 0) is 28.3 Å². The third kappa shape index (κ3) is 2.99. The molecule has 0 saturated heterocycles. The van der Waals surface area contributed by atoms with Gasteiger partial charge in [-0.1, -0.05) is 56.7 Å². The second-order valence-corrected chi connectivity index (χ2v) is 4.52. The lowest BCUT2D eigenvalue weighted by Crippen LogP contribution is -2.18. The minimum absolute atomic E-state index is 0. The Morgan fingerprint density at radius 1 is 1.06 bits per heavy atom. The zero-order chi connectivity index (χ0) is 11.5. The van der Waals surface area contributed by atoms with Gasteiger partial charge in [-0.25, -0.2) is 0 Å². The Morgan fingerprint density at radius 2 is 1.71 bits per heavy atom. The van der Waals surface area contributed by atoms with Crippen molar-refractivity contribution in [1.82, 2.24) is 0 Å². The fourth-order valence-electron chi connectivity index (χ4n) is 2.00. The second kappa shape index (κ2) is 6.04. The van der Waals surface area contributed by atoms with E-state index in [-0.39, 0.29) is 18.4 Å². The molecule has 1 unspecified atom stereocenters. The molecule has 1 nitrogen and oxygen atoms in total. The molecule has 0 spiro atoms. The van der Waals surface area contributed by atoms with E-state index in [1.807, 2.05) is 0 Å². The Labute approximate surface area is 109 Å². The Hall–Kier alpha value is -1.05. The lowest BCUT2D eigenvalue weighted by molar-refractivity contribution is 0.457. The molecular weight excluding hydrogens is 230 g/mol. The predicted molar refractivity (Wildman–Crippen MR) is 77.6 cm³/mol. The highest BCUT2D eigenvalue weighted by molar-refractivity contribution is 5.85. The van der Waals surface area contributed by atoms with Crippen LogP contribution in [0.1, 0.15) is 31.9 Å². The van der Waals surface area contributed by atoms with Gasteiger partial charge in [0.15, 0.2) is 0 Å². The summed E-state index contributed by atoms with van der Waals surface area (Å²) in [7, 11) is 0. The first-order valence-corrected chi connectivity index (χ1v) is 5.96. The van der Waals surface area contributed by atoms with E-state index in [0.29, 0.717) is 5.92 Å². The van der Waals surface area contributed by atoms with Gasteiger partial charge in [0.05, 0.1) is 0 Å². The highest BCUT2D eigenvalue weighted by atomic mass is 35.5. The predicted octanol–water partition coefficient (Wildman–Crippen LogP) is 4.31. The van der Waals surface area contributed by atoms with E-state index in [1.165, 1.54) is 16.3 Å². The lowest BCUT2D eigenvalue weighted by atomic mass is 9.92. The molecule has 2 N–H and O–H groups in total. The lowest BCUT2D eigenvalue weighted by Gasteiger charge is -2.19. The summed E-state index contributed by atoms with van der Waals surface area (Å²) >= 11 is 0. The fourth-order valence-corrected chi connectivity index (χ4v) is 2.00. The summed E-state index contributed by atoms with van der Waals surface area (Å²) in [5, 5.41) is 2.56. The molecule has 2 aromatic rings. The maximum Gasteiger partial charge on any atom is 0.0320 e. The standard InChI is InChI=1S/C15H19N.ClH/c1-3-11(2)15(16)14-9-8-12-6-4-5-7-13(12)10-14;/h4-11,15H,3,16H2,1-2H3;1H/t11?,15-;/m0./s1. The summed E-state index contributed by atoms with van der Waals surface area (Å²) in [5.41, 5.74) is 7.48. The summed E-state index contributed by atoms with van der Waals surface area (Å²) in [6, 6.07) is 15.1. The zero-order valence-electron chi connectivity index (χ0n) is 10.4. The monoisotopic (exact) mass is 249 g/mol. The first-order valence-electron chi connectivity index (χ1n) is 5.96. The average molecular weight is 250 g/mol. The van der Waals surface area contributed by atoms with Gasteiger partial charge >= 0.3 is 0 Å². The summed E-state index contributed by atoms with van der Waals surface area (Å²) in [6.07, 6.45) is 1.12. The van der Waals surface area contributed by atoms with Crippen LogP contribution in [-0.4, -0.2) is 0 Å². The van der Waals surface area contributed by atoms with Crippen LogP contribution < -0.4 is 5.73 Å². The van der Waals surface area contributed by atoms with Crippen molar-refractivity contribution in [2.24, 2.45) is 11.7 Å². The minimum atomic E-state index is 0. The van der Waals surface area contributed by atoms with Crippen molar-refractivity contribution in [1.29, 1.82) is 0 Å². The number of rotatable bonds is 3. The van der Waals surface area contributed by atoms with Gasteiger partial charge in [0.2, 0.25) is 0 Å². The quantitative estimate of drug-likeness (QED) is 0.862. The molecule has 0 radical (unpaired) electrons. The third-order valence-electron chi connectivity index (χ3n) is 3.42. The maximum atomic E-state index is 6.24. The van der Waals surface area contributed by atoms with Crippen LogP contribution in [0, 0.1) is 5.92 Å². The molecule has 0 aliphatic heterocycles. The van der Waals surface area contributed by atoms with Gasteiger partial charge in [-0.15, -0.1) is 12.4 Å². The molecule has 2 atom stereocenters. The SMILES string of the molecule is CCC(C)[C@H](N)c1ccc2ccccc2c1.Cl. The van der Waals surface area contributed by atoms with Crippen LogP contribution in [-0.2, 0) is 0 Å². The molecule has 92 valence electrons. The zero-order valence-corrected chi connectivity index (χ0v) is 11.2. The van der Waals surface area contributed by atoms with Gasteiger partial charge in [0, 0.05) is 6.04 Å². The van der Waals surface area contributed by atoms with Gasteiger partial charge in [-0.2, -0.15) is 0 Å². The number of halogens is 1. The van der Waals surface area contributed by atoms with Crippen molar-refractivity contribution < 1.29 is 0 Å². The molecule has 2 heteroatoms. The van der Waals surface area contributed by atoms with E-state index in [2.05, 4.69) is 56.3 Å². The van der Waals surface area contributed by atoms with Crippen molar-refractivity contribution in [3.63, 3.8) is 0 Å². The molecule has 0 fully saturated rings. The summed E-state index contributed by atoms with van der Waals surface area (Å²) in [5.74, 6) is 0.529. The van der Waals surface area contributed by atoms with Crippen LogP contribution >= 0.6 is 12.4 Å². The molecular formula is C15H20ClN. The van der Waals surface area contributed by atoms with Gasteiger partial charge in [-0.3, -0.25) is 0 Å². The van der Waals surface area contributed by atoms with Crippen LogP contribution in [0.25, 0.3) is 10.8 Å². The van der Waals surface area contributed by atoms with E-state index in [9.17, 15) is 0 Å². The third-order valence-corrected chi connectivity index (χ3v) is 3.42. The highest BCUT2D eigenvalue weighted by Gasteiger charge is 2.12. The van der Waals surface area contributed by atoms with Crippen molar-refractivity contribution in [3.8, 4) is 0 Å². The smallest absolute Gasteiger partial charge is 0.0320 e. The largest absolute Gasteiger partial charge is 0.324 e. The Kier molecular flexibility index (Phi) is 4.98. The minimum Gasteiger partial charge on any atom is -0.324 e. The molecule has 0 aliphatic carbocycles. The van der Waals surface area contributed by atoms with Crippen molar-refractivity contribution in [2.75, 3.05) is 0 Å².